The van der Waals surface area contributed by atoms with Crippen LogP contribution < -0.4 is 5.73 Å². The maximum atomic E-state index is 6.50. The summed E-state index contributed by atoms with van der Waals surface area (Å²) in [5.41, 5.74) is 6.48. The summed E-state index contributed by atoms with van der Waals surface area (Å²) in [7, 11) is 0. The molecule has 0 saturated heterocycles. The third-order valence-electron chi connectivity index (χ3n) is 3.88. The minimum Gasteiger partial charge on any atom is -0.321 e. The average Bonchev–Trinajstić information content (AvgIpc) is 2.71. The Hall–Kier alpha value is -0.340. The molecule has 0 unspecified atom stereocenters. The zero-order valence-electron chi connectivity index (χ0n) is 9.70. The van der Waals surface area contributed by atoms with E-state index in [1.807, 2.05) is 11.3 Å². The van der Waals surface area contributed by atoms with Gasteiger partial charge in [0.15, 0.2) is 0 Å². The minimum atomic E-state index is -0.0143. The lowest BCUT2D eigenvalue weighted by Gasteiger charge is -2.38. The molecule has 0 aromatic carbocycles. The fourth-order valence-corrected chi connectivity index (χ4v) is 3.53. The van der Waals surface area contributed by atoms with Crippen LogP contribution in [0.25, 0.3) is 0 Å². The molecule has 0 radical (unpaired) electrons. The van der Waals surface area contributed by atoms with E-state index in [0.717, 1.165) is 24.7 Å². The lowest BCUT2D eigenvalue weighted by molar-refractivity contribution is 0.198. The summed E-state index contributed by atoms with van der Waals surface area (Å²) in [4.78, 5) is 1.38. The highest BCUT2D eigenvalue weighted by Gasteiger charge is 2.34. The number of hydrogen-bond acceptors (Lipinski definition) is 2. The average molecular weight is 223 g/mol. The van der Waals surface area contributed by atoms with Crippen LogP contribution in [-0.4, -0.2) is 0 Å². The first kappa shape index (κ1) is 11.2. The summed E-state index contributed by atoms with van der Waals surface area (Å²) in [5.74, 6) is 1.71. The van der Waals surface area contributed by atoms with Crippen LogP contribution in [0, 0.1) is 11.8 Å². The molecule has 2 rings (SSSR count). The van der Waals surface area contributed by atoms with E-state index in [4.69, 9.17) is 5.73 Å². The molecule has 0 bridgehead atoms. The molecule has 15 heavy (non-hydrogen) atoms. The van der Waals surface area contributed by atoms with Crippen molar-refractivity contribution in [1.29, 1.82) is 0 Å². The van der Waals surface area contributed by atoms with Crippen LogP contribution in [0.15, 0.2) is 17.5 Å². The molecule has 1 aliphatic carbocycles. The quantitative estimate of drug-likeness (QED) is 0.812. The van der Waals surface area contributed by atoms with Crippen LogP contribution in [0.4, 0.5) is 0 Å². The Morgan fingerprint density at radius 1 is 1.40 bits per heavy atom. The van der Waals surface area contributed by atoms with E-state index in [2.05, 4.69) is 31.4 Å². The topological polar surface area (TPSA) is 26.0 Å². The van der Waals surface area contributed by atoms with Crippen molar-refractivity contribution in [2.24, 2.45) is 17.6 Å². The molecule has 84 valence electrons. The van der Waals surface area contributed by atoms with Crippen molar-refractivity contribution >= 4 is 11.3 Å². The lowest BCUT2D eigenvalue weighted by atomic mass is 9.73. The van der Waals surface area contributed by atoms with E-state index in [-0.39, 0.29) is 5.54 Å². The van der Waals surface area contributed by atoms with Crippen LogP contribution in [0.1, 0.15) is 44.4 Å². The van der Waals surface area contributed by atoms with Gasteiger partial charge in [0.1, 0.15) is 0 Å². The third kappa shape index (κ3) is 2.26. The van der Waals surface area contributed by atoms with Gasteiger partial charge in [-0.25, -0.2) is 0 Å². The summed E-state index contributed by atoms with van der Waals surface area (Å²) < 4.78 is 0. The van der Waals surface area contributed by atoms with Crippen molar-refractivity contribution in [2.75, 3.05) is 0 Å². The van der Waals surface area contributed by atoms with E-state index in [1.165, 1.54) is 17.7 Å². The van der Waals surface area contributed by atoms with Gasteiger partial charge in [-0.2, -0.15) is 0 Å². The molecule has 1 heterocycles. The number of thiophene rings is 1. The Kier molecular flexibility index (Phi) is 3.17. The van der Waals surface area contributed by atoms with Gasteiger partial charge in [-0.1, -0.05) is 19.9 Å². The number of hydrogen-bond donors (Lipinski definition) is 1. The maximum Gasteiger partial charge on any atom is 0.0503 e. The standard InChI is InChI=1S/C13H21NS/c1-10(2)11-5-7-13(14,8-6-11)12-4-3-9-15-12/h3-4,9-11H,5-8,14H2,1-2H3. The molecule has 0 spiro atoms. The van der Waals surface area contributed by atoms with Gasteiger partial charge in [-0.3, -0.25) is 0 Å². The molecular formula is C13H21NS. The van der Waals surface area contributed by atoms with Crippen molar-refractivity contribution in [3.63, 3.8) is 0 Å². The van der Waals surface area contributed by atoms with E-state index in [0.29, 0.717) is 0 Å². The third-order valence-corrected chi connectivity index (χ3v) is 4.97. The van der Waals surface area contributed by atoms with Crippen molar-refractivity contribution in [3.8, 4) is 0 Å². The monoisotopic (exact) mass is 223 g/mol. The highest BCUT2D eigenvalue weighted by molar-refractivity contribution is 7.10. The molecule has 1 aromatic heterocycles. The minimum absolute atomic E-state index is 0.0143. The van der Waals surface area contributed by atoms with Crippen LogP contribution >= 0.6 is 11.3 Å². The van der Waals surface area contributed by atoms with Gasteiger partial charge in [0, 0.05) is 4.88 Å². The maximum absolute atomic E-state index is 6.50. The molecule has 1 saturated carbocycles. The van der Waals surface area contributed by atoms with Crippen LogP contribution in [-0.2, 0) is 5.54 Å². The van der Waals surface area contributed by atoms with Gasteiger partial charge in [-0.05, 0) is 49.0 Å². The highest BCUT2D eigenvalue weighted by atomic mass is 32.1. The Morgan fingerprint density at radius 3 is 2.53 bits per heavy atom. The highest BCUT2D eigenvalue weighted by Crippen LogP contribution is 2.41. The largest absolute Gasteiger partial charge is 0.321 e. The van der Waals surface area contributed by atoms with Gasteiger partial charge in [-0.15, -0.1) is 11.3 Å². The zero-order chi connectivity index (χ0) is 10.9. The first-order chi connectivity index (χ1) is 7.12. The fraction of sp³-hybridized carbons (Fsp3) is 0.692. The first-order valence-electron chi connectivity index (χ1n) is 5.95. The molecule has 1 aliphatic rings. The zero-order valence-corrected chi connectivity index (χ0v) is 10.5. The van der Waals surface area contributed by atoms with Crippen LogP contribution in [0.3, 0.4) is 0 Å². The van der Waals surface area contributed by atoms with Crippen molar-refractivity contribution in [1.82, 2.24) is 0 Å². The molecule has 2 N–H and O–H groups in total. The van der Waals surface area contributed by atoms with Gasteiger partial charge < -0.3 is 5.73 Å². The second-order valence-corrected chi connectivity index (χ2v) is 6.16. The normalized spacial score (nSPS) is 32.1. The van der Waals surface area contributed by atoms with E-state index in [1.54, 1.807) is 0 Å². The fourth-order valence-electron chi connectivity index (χ4n) is 2.63. The molecular weight excluding hydrogens is 202 g/mol. The van der Waals surface area contributed by atoms with E-state index in [9.17, 15) is 0 Å². The molecule has 0 aliphatic heterocycles. The Balaban J connectivity index is 2.03. The molecule has 1 fully saturated rings. The molecule has 1 aromatic rings. The predicted molar refractivity (Wildman–Crippen MR) is 67.0 cm³/mol. The van der Waals surface area contributed by atoms with Crippen molar-refractivity contribution in [3.05, 3.63) is 22.4 Å². The Bertz CT molecular complexity index is 294. The van der Waals surface area contributed by atoms with Gasteiger partial charge >= 0.3 is 0 Å². The second kappa shape index (κ2) is 4.26. The molecule has 0 atom stereocenters. The second-order valence-electron chi connectivity index (χ2n) is 5.21. The smallest absolute Gasteiger partial charge is 0.0503 e. The van der Waals surface area contributed by atoms with Gasteiger partial charge in [0.2, 0.25) is 0 Å². The summed E-state index contributed by atoms with van der Waals surface area (Å²) in [5, 5.41) is 2.14. The Labute approximate surface area is 96.7 Å². The van der Waals surface area contributed by atoms with Gasteiger partial charge in [0.05, 0.1) is 5.54 Å². The van der Waals surface area contributed by atoms with E-state index < -0.39 is 0 Å². The molecule has 0 amide bonds. The summed E-state index contributed by atoms with van der Waals surface area (Å²) in [6.45, 7) is 4.67. The van der Waals surface area contributed by atoms with Crippen molar-refractivity contribution in [2.45, 2.75) is 45.1 Å². The summed E-state index contributed by atoms with van der Waals surface area (Å²) in [6, 6.07) is 4.31. The van der Waals surface area contributed by atoms with Crippen LogP contribution in [0.5, 0.6) is 0 Å². The summed E-state index contributed by atoms with van der Waals surface area (Å²) >= 11 is 1.81. The summed E-state index contributed by atoms with van der Waals surface area (Å²) in [6.07, 6.45) is 4.92. The van der Waals surface area contributed by atoms with Gasteiger partial charge in [0.25, 0.3) is 0 Å². The first-order valence-corrected chi connectivity index (χ1v) is 6.83. The Morgan fingerprint density at radius 2 is 2.07 bits per heavy atom. The number of rotatable bonds is 2. The molecule has 2 heteroatoms. The predicted octanol–water partition coefficient (Wildman–Crippen LogP) is 3.75. The SMILES string of the molecule is CC(C)C1CCC(N)(c2cccs2)CC1. The van der Waals surface area contributed by atoms with Crippen LogP contribution in [0.2, 0.25) is 0 Å². The van der Waals surface area contributed by atoms with E-state index >= 15 is 0 Å². The molecule has 1 nitrogen and oxygen atoms in total. The van der Waals surface area contributed by atoms with Crippen molar-refractivity contribution < 1.29 is 0 Å². The number of nitrogens with two attached hydrogens (primary N) is 1. The lowest BCUT2D eigenvalue weighted by Crippen LogP contribution is -2.40.